The molecule has 126 valence electrons. The second-order valence-electron chi connectivity index (χ2n) is 6.30. The minimum Gasteiger partial charge on any atom is -0.392 e. The lowest BCUT2D eigenvalue weighted by Gasteiger charge is -2.28. The number of aliphatic hydroxyl groups is 1. The van der Waals surface area contributed by atoms with Crippen molar-refractivity contribution in [1.29, 1.82) is 0 Å². The van der Waals surface area contributed by atoms with Crippen LogP contribution in [0.3, 0.4) is 0 Å². The Labute approximate surface area is 133 Å². The Kier molecular flexibility index (Phi) is 4.01. The summed E-state index contributed by atoms with van der Waals surface area (Å²) in [5.41, 5.74) is -0.0238. The highest BCUT2D eigenvalue weighted by Crippen LogP contribution is 2.23. The fourth-order valence-corrected chi connectivity index (χ4v) is 3.21. The quantitative estimate of drug-likeness (QED) is 0.846. The molecule has 1 aliphatic heterocycles. The maximum absolute atomic E-state index is 12.6. The molecule has 0 unspecified atom stereocenters. The molecule has 0 saturated carbocycles. The van der Waals surface area contributed by atoms with E-state index in [1.54, 1.807) is 18.5 Å². The van der Waals surface area contributed by atoms with E-state index in [-0.39, 0.29) is 12.1 Å². The van der Waals surface area contributed by atoms with Crippen LogP contribution in [0.5, 0.6) is 0 Å². The topological polar surface area (TPSA) is 85.3 Å². The number of fused-ring (bicyclic) bond motifs is 1. The fraction of sp³-hybridized carbons (Fsp3) is 0.667. The van der Waals surface area contributed by atoms with E-state index in [0.717, 1.165) is 30.5 Å². The average molecular weight is 321 g/mol. The first-order valence-corrected chi connectivity index (χ1v) is 8.01. The van der Waals surface area contributed by atoms with E-state index in [1.807, 2.05) is 0 Å². The molecular weight excluding hydrogens is 298 g/mol. The molecule has 2 aromatic rings. The first-order valence-electron chi connectivity index (χ1n) is 8.01. The van der Waals surface area contributed by atoms with Gasteiger partial charge in [-0.25, -0.2) is 4.79 Å². The zero-order valence-electron chi connectivity index (χ0n) is 13.8. The number of hydrogen-bond donors (Lipinski definition) is 1. The van der Waals surface area contributed by atoms with Gasteiger partial charge in [-0.2, -0.15) is 4.98 Å². The van der Waals surface area contributed by atoms with Gasteiger partial charge in [0.2, 0.25) is 5.95 Å². The molecule has 3 rings (SSSR count). The molecule has 1 aliphatic rings. The summed E-state index contributed by atoms with van der Waals surface area (Å²) >= 11 is 0. The average Bonchev–Trinajstić information content (AvgIpc) is 2.90. The molecule has 1 N–H and O–H groups in total. The predicted octanol–water partition coefficient (Wildman–Crippen LogP) is -0.195. The second-order valence-corrected chi connectivity index (χ2v) is 6.30. The summed E-state index contributed by atoms with van der Waals surface area (Å²) in [5, 5.41) is 9.85. The van der Waals surface area contributed by atoms with Crippen molar-refractivity contribution in [1.82, 2.24) is 18.7 Å². The van der Waals surface area contributed by atoms with Crippen molar-refractivity contribution in [2.75, 3.05) is 18.0 Å². The zero-order valence-corrected chi connectivity index (χ0v) is 13.8. The van der Waals surface area contributed by atoms with Gasteiger partial charge in [-0.05, 0) is 26.2 Å². The number of hydrogen-bond acceptors (Lipinski definition) is 5. The molecule has 0 radical (unpaired) electrons. The fourth-order valence-electron chi connectivity index (χ4n) is 3.21. The Hall–Kier alpha value is -2.09. The number of anilines is 1. The van der Waals surface area contributed by atoms with Crippen molar-refractivity contribution >= 4 is 17.1 Å². The third-order valence-electron chi connectivity index (χ3n) is 4.41. The van der Waals surface area contributed by atoms with Gasteiger partial charge in [0, 0.05) is 27.2 Å². The van der Waals surface area contributed by atoms with Crippen molar-refractivity contribution in [2.24, 2.45) is 14.1 Å². The molecule has 0 spiro atoms. The van der Waals surface area contributed by atoms with E-state index in [1.165, 1.54) is 18.0 Å². The van der Waals surface area contributed by atoms with Crippen molar-refractivity contribution in [3.05, 3.63) is 20.8 Å². The van der Waals surface area contributed by atoms with Crippen LogP contribution in [0, 0.1) is 0 Å². The molecule has 1 atom stereocenters. The van der Waals surface area contributed by atoms with Gasteiger partial charge < -0.3 is 14.6 Å². The summed E-state index contributed by atoms with van der Waals surface area (Å²) in [6.45, 7) is 3.70. The van der Waals surface area contributed by atoms with E-state index >= 15 is 0 Å². The van der Waals surface area contributed by atoms with Crippen LogP contribution in [0.2, 0.25) is 0 Å². The minimum atomic E-state index is -0.613. The van der Waals surface area contributed by atoms with E-state index in [0.29, 0.717) is 17.1 Å². The Morgan fingerprint density at radius 1 is 1.13 bits per heavy atom. The summed E-state index contributed by atoms with van der Waals surface area (Å²) in [6.07, 6.45) is 2.73. The highest BCUT2D eigenvalue weighted by molar-refractivity contribution is 5.74. The molecule has 0 aromatic carbocycles. The summed E-state index contributed by atoms with van der Waals surface area (Å²) < 4.78 is 4.23. The SMILES string of the molecule is C[C@@H](O)Cn1c(N2CCCCC2)nc2c1c(=O)n(C)c(=O)n2C. The third kappa shape index (κ3) is 2.56. The number of aromatic nitrogens is 4. The smallest absolute Gasteiger partial charge is 0.332 e. The number of aryl methyl sites for hydroxylation is 1. The zero-order chi connectivity index (χ0) is 16.7. The van der Waals surface area contributed by atoms with Gasteiger partial charge in [0.1, 0.15) is 0 Å². The Bertz CT molecular complexity index is 839. The van der Waals surface area contributed by atoms with Gasteiger partial charge in [-0.1, -0.05) is 0 Å². The highest BCUT2D eigenvalue weighted by Gasteiger charge is 2.24. The summed E-state index contributed by atoms with van der Waals surface area (Å²) in [6, 6.07) is 0. The van der Waals surface area contributed by atoms with Gasteiger partial charge in [0.05, 0.1) is 12.6 Å². The standard InChI is InChI=1S/C15H23N5O3/c1-10(21)9-20-11-12(17(2)15(23)18(3)13(11)22)16-14(20)19-7-5-4-6-8-19/h10,21H,4-9H2,1-3H3/t10-/m1/s1. The van der Waals surface area contributed by atoms with Gasteiger partial charge >= 0.3 is 5.69 Å². The first kappa shape index (κ1) is 15.8. The Morgan fingerprint density at radius 3 is 2.39 bits per heavy atom. The molecule has 0 bridgehead atoms. The van der Waals surface area contributed by atoms with Crippen LogP contribution in [-0.4, -0.2) is 43.0 Å². The molecule has 8 heteroatoms. The molecule has 3 heterocycles. The lowest BCUT2D eigenvalue weighted by atomic mass is 10.1. The lowest BCUT2D eigenvalue weighted by Crippen LogP contribution is -2.38. The molecule has 1 fully saturated rings. The van der Waals surface area contributed by atoms with E-state index in [2.05, 4.69) is 9.88 Å². The van der Waals surface area contributed by atoms with Crippen LogP contribution in [0.25, 0.3) is 11.2 Å². The van der Waals surface area contributed by atoms with E-state index in [4.69, 9.17) is 0 Å². The summed E-state index contributed by atoms with van der Waals surface area (Å²) in [4.78, 5) is 31.4. The van der Waals surface area contributed by atoms with Crippen LogP contribution in [-0.2, 0) is 20.6 Å². The third-order valence-corrected chi connectivity index (χ3v) is 4.41. The van der Waals surface area contributed by atoms with E-state index in [9.17, 15) is 14.7 Å². The molecule has 0 amide bonds. The molecule has 23 heavy (non-hydrogen) atoms. The minimum absolute atomic E-state index is 0.274. The van der Waals surface area contributed by atoms with Crippen molar-refractivity contribution in [3.8, 4) is 0 Å². The first-order chi connectivity index (χ1) is 10.9. The van der Waals surface area contributed by atoms with Crippen LogP contribution in [0.1, 0.15) is 26.2 Å². The number of aliphatic hydroxyl groups excluding tert-OH is 1. The monoisotopic (exact) mass is 321 g/mol. The van der Waals surface area contributed by atoms with Crippen LogP contribution in [0.4, 0.5) is 5.95 Å². The summed E-state index contributed by atoms with van der Waals surface area (Å²) in [7, 11) is 3.08. The van der Waals surface area contributed by atoms with Gasteiger partial charge in [0.15, 0.2) is 11.2 Å². The predicted molar refractivity (Wildman–Crippen MR) is 88.0 cm³/mol. The maximum atomic E-state index is 12.6. The molecule has 2 aromatic heterocycles. The van der Waals surface area contributed by atoms with Gasteiger partial charge in [-0.15, -0.1) is 0 Å². The molecule has 1 saturated heterocycles. The van der Waals surface area contributed by atoms with Crippen LogP contribution in [0.15, 0.2) is 9.59 Å². The Balaban J connectivity index is 2.31. The van der Waals surface area contributed by atoms with Crippen molar-refractivity contribution < 1.29 is 5.11 Å². The lowest BCUT2D eigenvalue weighted by molar-refractivity contribution is 0.175. The second kappa shape index (κ2) is 5.84. The largest absolute Gasteiger partial charge is 0.392 e. The van der Waals surface area contributed by atoms with Crippen LogP contribution >= 0.6 is 0 Å². The Morgan fingerprint density at radius 2 is 1.78 bits per heavy atom. The van der Waals surface area contributed by atoms with E-state index < -0.39 is 11.8 Å². The number of rotatable bonds is 3. The van der Waals surface area contributed by atoms with Crippen molar-refractivity contribution in [2.45, 2.75) is 38.8 Å². The highest BCUT2D eigenvalue weighted by atomic mass is 16.3. The van der Waals surface area contributed by atoms with Crippen LogP contribution < -0.4 is 16.1 Å². The number of piperidine rings is 1. The summed E-state index contributed by atoms with van der Waals surface area (Å²) in [5.74, 6) is 0.666. The van der Waals surface area contributed by atoms with Gasteiger partial charge in [0.25, 0.3) is 5.56 Å². The molecule has 8 nitrogen and oxygen atoms in total. The van der Waals surface area contributed by atoms with Gasteiger partial charge in [-0.3, -0.25) is 13.9 Å². The molecular formula is C15H23N5O3. The number of imidazole rings is 1. The normalized spacial score (nSPS) is 17.0. The maximum Gasteiger partial charge on any atom is 0.332 e. The van der Waals surface area contributed by atoms with Crippen molar-refractivity contribution in [3.63, 3.8) is 0 Å². The molecule has 0 aliphatic carbocycles. The number of nitrogens with zero attached hydrogens (tertiary/aromatic N) is 5.